The molecule has 0 aliphatic rings. The monoisotopic (exact) mass is 385 g/mol. The average molecular weight is 386 g/mol. The molecule has 1 N–H and O–H groups in total. The number of ether oxygens (including phenoxy) is 1. The molecule has 0 saturated carbocycles. The number of hydrogen-bond donors (Lipinski definition) is 1. The molecule has 0 bridgehead atoms. The number of rotatable bonds is 10. The molecule has 0 radical (unpaired) electrons. The predicted molar refractivity (Wildman–Crippen MR) is 111 cm³/mol. The van der Waals surface area contributed by atoms with Crippen molar-refractivity contribution in [2.24, 2.45) is 5.92 Å². The van der Waals surface area contributed by atoms with Crippen LogP contribution in [0.2, 0.25) is 0 Å². The van der Waals surface area contributed by atoms with Gasteiger partial charge in [0.25, 0.3) is 0 Å². The second kappa shape index (κ2) is 9.58. The minimum atomic E-state index is -1.19. The Labute approximate surface area is 167 Å². The number of carbonyl (C=O) groups is 2. The molecule has 0 spiro atoms. The Bertz CT molecular complexity index is 762. The van der Waals surface area contributed by atoms with Crippen LogP contribution in [0.4, 0.5) is 5.69 Å². The number of benzene rings is 1. The molecule has 5 heteroatoms. The summed E-state index contributed by atoms with van der Waals surface area (Å²) < 4.78 is 10.8. The maximum absolute atomic E-state index is 13.1. The van der Waals surface area contributed by atoms with Gasteiger partial charge in [0.15, 0.2) is 5.76 Å². The third-order valence-electron chi connectivity index (χ3n) is 4.79. The lowest BCUT2D eigenvalue weighted by molar-refractivity contribution is -0.154. The van der Waals surface area contributed by atoms with Gasteiger partial charge in [0, 0.05) is 12.1 Å². The molecule has 0 aliphatic heterocycles. The Morgan fingerprint density at radius 3 is 2.29 bits per heavy atom. The molecule has 0 aliphatic carbocycles. The molecule has 1 aromatic heterocycles. The van der Waals surface area contributed by atoms with Crippen LogP contribution in [0, 0.1) is 5.92 Å². The van der Waals surface area contributed by atoms with Crippen molar-refractivity contribution in [2.45, 2.75) is 65.5 Å². The molecule has 0 fully saturated rings. The van der Waals surface area contributed by atoms with Gasteiger partial charge in [0.1, 0.15) is 5.54 Å². The van der Waals surface area contributed by atoms with Crippen molar-refractivity contribution in [1.29, 1.82) is 0 Å². The van der Waals surface area contributed by atoms with Gasteiger partial charge in [0.05, 0.1) is 12.4 Å². The van der Waals surface area contributed by atoms with Crippen LogP contribution in [0.25, 0.3) is 0 Å². The largest absolute Gasteiger partial charge is 0.461 e. The third-order valence-corrected chi connectivity index (χ3v) is 4.79. The van der Waals surface area contributed by atoms with Crippen LogP contribution in [0.1, 0.15) is 63.6 Å². The van der Waals surface area contributed by atoms with Gasteiger partial charge in [-0.05, 0) is 56.0 Å². The van der Waals surface area contributed by atoms with E-state index in [0.29, 0.717) is 0 Å². The number of ketones is 1. The first-order chi connectivity index (χ1) is 13.3. The van der Waals surface area contributed by atoms with E-state index >= 15 is 0 Å². The van der Waals surface area contributed by atoms with Crippen LogP contribution in [-0.2, 0) is 16.0 Å². The predicted octanol–water partition coefficient (Wildman–Crippen LogP) is 5.26. The summed E-state index contributed by atoms with van der Waals surface area (Å²) in [5.41, 5.74) is 0.821. The van der Waals surface area contributed by atoms with Gasteiger partial charge < -0.3 is 14.5 Å². The summed E-state index contributed by atoms with van der Waals surface area (Å²) >= 11 is 0. The summed E-state index contributed by atoms with van der Waals surface area (Å²) in [5.74, 6) is -0.625. The fourth-order valence-electron chi connectivity index (χ4n) is 3.15. The zero-order chi connectivity index (χ0) is 20.7. The van der Waals surface area contributed by atoms with Gasteiger partial charge in [-0.1, -0.05) is 39.3 Å². The Kier molecular flexibility index (Phi) is 7.44. The summed E-state index contributed by atoms with van der Waals surface area (Å²) in [6.07, 6.45) is 3.19. The Morgan fingerprint density at radius 2 is 1.79 bits per heavy atom. The van der Waals surface area contributed by atoms with E-state index in [1.54, 1.807) is 26.0 Å². The van der Waals surface area contributed by atoms with Crippen LogP contribution >= 0.6 is 0 Å². The Balaban J connectivity index is 2.37. The number of hydrogen-bond acceptors (Lipinski definition) is 5. The van der Waals surface area contributed by atoms with Crippen LogP contribution in [0.3, 0.4) is 0 Å². The number of aryl methyl sites for hydroxylation is 1. The van der Waals surface area contributed by atoms with Crippen molar-refractivity contribution < 1.29 is 18.7 Å². The van der Waals surface area contributed by atoms with E-state index in [1.165, 1.54) is 11.8 Å². The van der Waals surface area contributed by atoms with Crippen LogP contribution in [-0.4, -0.2) is 23.4 Å². The van der Waals surface area contributed by atoms with Gasteiger partial charge in [-0.3, -0.25) is 4.79 Å². The van der Waals surface area contributed by atoms with E-state index in [2.05, 4.69) is 12.2 Å². The summed E-state index contributed by atoms with van der Waals surface area (Å²) in [7, 11) is 0. The average Bonchev–Trinajstić information content (AvgIpc) is 3.17. The fraction of sp³-hybridized carbons (Fsp3) is 0.478. The van der Waals surface area contributed by atoms with Crippen LogP contribution in [0.5, 0.6) is 0 Å². The summed E-state index contributed by atoms with van der Waals surface area (Å²) in [6, 6.07) is 11.2. The van der Waals surface area contributed by atoms with E-state index in [4.69, 9.17) is 9.15 Å². The highest BCUT2D eigenvalue weighted by Crippen LogP contribution is 2.31. The van der Waals surface area contributed by atoms with Crippen molar-refractivity contribution in [3.8, 4) is 0 Å². The van der Waals surface area contributed by atoms with Crippen molar-refractivity contribution in [1.82, 2.24) is 0 Å². The smallest absolute Gasteiger partial charge is 0.332 e. The lowest BCUT2D eigenvalue weighted by Gasteiger charge is -2.37. The fourth-order valence-corrected chi connectivity index (χ4v) is 3.15. The summed E-state index contributed by atoms with van der Waals surface area (Å²) in [5, 5.41) is 3.32. The molecule has 1 unspecified atom stereocenters. The van der Waals surface area contributed by atoms with E-state index in [-0.39, 0.29) is 30.0 Å². The maximum atomic E-state index is 13.1. The molecule has 28 heavy (non-hydrogen) atoms. The Morgan fingerprint density at radius 1 is 1.11 bits per heavy atom. The van der Waals surface area contributed by atoms with Crippen molar-refractivity contribution >= 4 is 17.4 Å². The quantitative estimate of drug-likeness (QED) is 0.446. The molecule has 2 aromatic rings. The summed E-state index contributed by atoms with van der Waals surface area (Å²) in [4.78, 5) is 25.9. The van der Waals surface area contributed by atoms with Gasteiger partial charge in [0.2, 0.25) is 5.78 Å². The SMILES string of the molecule is CCCc1ccc(NC(CC(=O)c2ccco2)(C(=O)OC(C)C)C(C)C)cc1. The molecule has 2 rings (SSSR count). The number of anilines is 1. The van der Waals surface area contributed by atoms with Crippen LogP contribution in [0.15, 0.2) is 47.1 Å². The molecule has 1 heterocycles. The van der Waals surface area contributed by atoms with Crippen molar-refractivity contribution in [3.05, 3.63) is 54.0 Å². The standard InChI is InChI=1S/C23H31NO4/c1-6-8-18-10-12-19(13-11-18)24-23(16(2)3,22(26)28-17(4)5)15-20(25)21-9-7-14-27-21/h7,9-14,16-17,24H,6,8,15H2,1-5H3. The molecule has 5 nitrogen and oxygen atoms in total. The molecule has 1 atom stereocenters. The lowest BCUT2D eigenvalue weighted by atomic mass is 9.80. The Hall–Kier alpha value is -2.56. The first kappa shape index (κ1) is 21.7. The first-order valence-corrected chi connectivity index (χ1v) is 9.93. The molecule has 0 amide bonds. The number of furan rings is 1. The molecule has 1 aromatic carbocycles. The zero-order valence-corrected chi connectivity index (χ0v) is 17.5. The lowest BCUT2D eigenvalue weighted by Crippen LogP contribution is -2.54. The summed E-state index contributed by atoms with van der Waals surface area (Å²) in [6.45, 7) is 9.57. The minimum Gasteiger partial charge on any atom is -0.461 e. The molecule has 0 saturated heterocycles. The second-order valence-corrected chi connectivity index (χ2v) is 7.73. The highest BCUT2D eigenvalue weighted by atomic mass is 16.5. The number of esters is 1. The van der Waals surface area contributed by atoms with Crippen molar-refractivity contribution in [2.75, 3.05) is 5.32 Å². The van der Waals surface area contributed by atoms with Gasteiger partial charge in [-0.15, -0.1) is 0 Å². The van der Waals surface area contributed by atoms with E-state index in [1.807, 2.05) is 38.1 Å². The molecular weight excluding hydrogens is 354 g/mol. The number of carbonyl (C=O) groups excluding carboxylic acids is 2. The third kappa shape index (κ3) is 5.24. The van der Waals surface area contributed by atoms with Gasteiger partial charge in [-0.25, -0.2) is 4.79 Å². The number of Topliss-reactive ketones (excluding diaryl/α,β-unsaturated/α-hetero) is 1. The highest BCUT2D eigenvalue weighted by Gasteiger charge is 2.46. The highest BCUT2D eigenvalue weighted by molar-refractivity contribution is 5.99. The van der Waals surface area contributed by atoms with Gasteiger partial charge in [-0.2, -0.15) is 0 Å². The maximum Gasteiger partial charge on any atom is 0.332 e. The van der Waals surface area contributed by atoms with E-state index in [0.717, 1.165) is 18.5 Å². The topological polar surface area (TPSA) is 68.5 Å². The van der Waals surface area contributed by atoms with Crippen molar-refractivity contribution in [3.63, 3.8) is 0 Å². The number of nitrogens with one attached hydrogen (secondary N) is 1. The van der Waals surface area contributed by atoms with E-state index < -0.39 is 11.5 Å². The zero-order valence-electron chi connectivity index (χ0n) is 17.5. The van der Waals surface area contributed by atoms with Crippen LogP contribution < -0.4 is 5.32 Å². The van der Waals surface area contributed by atoms with Gasteiger partial charge >= 0.3 is 5.97 Å². The van der Waals surface area contributed by atoms with E-state index in [9.17, 15) is 9.59 Å². The first-order valence-electron chi connectivity index (χ1n) is 9.93. The molecule has 152 valence electrons. The molecular formula is C23H31NO4. The normalized spacial score (nSPS) is 13.4. The second-order valence-electron chi connectivity index (χ2n) is 7.73. The minimum absolute atomic E-state index is 0.0551.